The lowest BCUT2D eigenvalue weighted by Gasteiger charge is -2.18. The van der Waals surface area contributed by atoms with Gasteiger partial charge in [-0.2, -0.15) is 4.98 Å². The molecule has 0 radical (unpaired) electrons. The van der Waals surface area contributed by atoms with Crippen LogP contribution in [-0.2, 0) is 13.8 Å². The standard InChI is InChI=1S/C17H18N3O12P/c18-11-3-4-20(17(27)19-11)14-13(22)12(21)10(31-14)6-30-33(28,29)32-7-1-2-8(15(23)24)9(5-7)16(25)26/h1-5,10,12-14,21-22H,6H2,(H,23,24)(H,25,26)(H,28,29)(H2,18,19,27)/t10-,12-,13-,14-/m1/s1. The lowest BCUT2D eigenvalue weighted by molar-refractivity contribution is -0.0539. The molecule has 0 aliphatic carbocycles. The summed E-state index contributed by atoms with van der Waals surface area (Å²) in [5.74, 6) is -3.70. The summed E-state index contributed by atoms with van der Waals surface area (Å²) in [5.41, 5.74) is 3.26. The maximum atomic E-state index is 12.2. The zero-order valence-electron chi connectivity index (χ0n) is 16.4. The Morgan fingerprint density at radius 3 is 2.42 bits per heavy atom. The molecule has 1 aromatic carbocycles. The molecule has 2 aromatic rings. The molecule has 0 amide bonds. The molecule has 16 heteroatoms. The molecule has 1 unspecified atom stereocenters. The molecule has 0 bridgehead atoms. The van der Waals surface area contributed by atoms with Crippen LogP contribution in [0.4, 0.5) is 5.82 Å². The zero-order valence-corrected chi connectivity index (χ0v) is 17.3. The van der Waals surface area contributed by atoms with E-state index < -0.39 is 73.5 Å². The number of hydrogen-bond donors (Lipinski definition) is 6. The van der Waals surface area contributed by atoms with Gasteiger partial charge in [0.2, 0.25) is 0 Å². The second-order valence-corrected chi connectivity index (χ2v) is 8.14. The fourth-order valence-electron chi connectivity index (χ4n) is 2.99. The molecule has 33 heavy (non-hydrogen) atoms. The van der Waals surface area contributed by atoms with Crippen molar-refractivity contribution in [1.29, 1.82) is 0 Å². The predicted molar refractivity (Wildman–Crippen MR) is 106 cm³/mol. The molecule has 1 aliphatic heterocycles. The van der Waals surface area contributed by atoms with Crippen molar-refractivity contribution >= 4 is 25.6 Å². The summed E-state index contributed by atoms with van der Waals surface area (Å²) < 4.78 is 28.0. The number of carbonyl (C=O) groups is 2. The molecule has 5 atom stereocenters. The van der Waals surface area contributed by atoms with Gasteiger partial charge in [0.05, 0.1) is 17.7 Å². The highest BCUT2D eigenvalue weighted by Gasteiger charge is 2.45. The van der Waals surface area contributed by atoms with Gasteiger partial charge in [0, 0.05) is 6.20 Å². The van der Waals surface area contributed by atoms with E-state index in [1.54, 1.807) is 0 Å². The number of phosphoric ester groups is 1. The Hall–Kier alpha value is -3.33. The van der Waals surface area contributed by atoms with Crippen molar-refractivity contribution < 1.29 is 53.3 Å². The van der Waals surface area contributed by atoms with Gasteiger partial charge in [-0.15, -0.1) is 0 Å². The summed E-state index contributed by atoms with van der Waals surface area (Å²) in [4.78, 5) is 47.6. The van der Waals surface area contributed by atoms with Crippen LogP contribution >= 0.6 is 7.82 Å². The first kappa shape index (κ1) is 24.3. The summed E-state index contributed by atoms with van der Waals surface area (Å²) in [7, 11) is -4.92. The molecule has 2 heterocycles. The Balaban J connectivity index is 1.69. The van der Waals surface area contributed by atoms with Crippen LogP contribution in [0.15, 0.2) is 35.3 Å². The van der Waals surface area contributed by atoms with Crippen LogP contribution < -0.4 is 15.9 Å². The van der Waals surface area contributed by atoms with Crippen molar-refractivity contribution in [2.45, 2.75) is 24.5 Å². The third kappa shape index (κ3) is 5.36. The lowest BCUT2D eigenvalue weighted by Crippen LogP contribution is -2.36. The number of aromatic nitrogens is 2. The normalized spacial score (nSPS) is 24.2. The monoisotopic (exact) mass is 487 g/mol. The number of nitrogen functional groups attached to an aromatic ring is 1. The van der Waals surface area contributed by atoms with E-state index in [0.29, 0.717) is 0 Å². The van der Waals surface area contributed by atoms with Gasteiger partial charge in [0.25, 0.3) is 0 Å². The maximum absolute atomic E-state index is 12.2. The first-order valence-corrected chi connectivity index (χ1v) is 10.5. The fourth-order valence-corrected chi connectivity index (χ4v) is 3.75. The highest BCUT2D eigenvalue weighted by molar-refractivity contribution is 7.47. The van der Waals surface area contributed by atoms with Crippen molar-refractivity contribution in [3.05, 3.63) is 52.1 Å². The summed E-state index contributed by atoms with van der Waals surface area (Å²) in [5, 5.41) is 38.4. The number of ether oxygens (including phenoxy) is 1. The van der Waals surface area contributed by atoms with Crippen LogP contribution in [0.2, 0.25) is 0 Å². The van der Waals surface area contributed by atoms with Crippen molar-refractivity contribution in [2.75, 3.05) is 12.3 Å². The van der Waals surface area contributed by atoms with Crippen molar-refractivity contribution in [3.63, 3.8) is 0 Å². The van der Waals surface area contributed by atoms with E-state index >= 15 is 0 Å². The summed E-state index contributed by atoms with van der Waals surface area (Å²) >= 11 is 0. The molecule has 0 saturated carbocycles. The Bertz CT molecular complexity index is 1180. The number of carboxylic acids is 2. The van der Waals surface area contributed by atoms with E-state index in [1.807, 2.05) is 0 Å². The predicted octanol–water partition coefficient (Wildman–Crippen LogP) is -0.963. The minimum absolute atomic E-state index is 0.0787. The van der Waals surface area contributed by atoms with Gasteiger partial charge in [0.15, 0.2) is 6.23 Å². The lowest BCUT2D eigenvalue weighted by atomic mass is 10.1. The van der Waals surface area contributed by atoms with E-state index in [-0.39, 0.29) is 5.82 Å². The smallest absolute Gasteiger partial charge is 0.478 e. The SMILES string of the molecule is Nc1ccn([C@@H]2O[C@H](COP(=O)(O)Oc3ccc(C(=O)O)c(C(=O)O)c3)[C@@H](O)[C@H]2O)c(=O)n1. The number of nitrogens with zero attached hydrogens (tertiary/aromatic N) is 2. The maximum Gasteiger partial charge on any atom is 0.527 e. The van der Waals surface area contributed by atoms with Crippen molar-refractivity contribution in [3.8, 4) is 5.75 Å². The molecule has 15 nitrogen and oxygen atoms in total. The van der Waals surface area contributed by atoms with E-state index in [2.05, 4.69) is 4.98 Å². The van der Waals surface area contributed by atoms with Crippen LogP contribution in [-0.4, -0.2) is 71.7 Å². The largest absolute Gasteiger partial charge is 0.527 e. The number of phosphoric acid groups is 1. The number of aliphatic hydroxyl groups is 2. The second-order valence-electron chi connectivity index (χ2n) is 6.76. The second kappa shape index (κ2) is 9.27. The fraction of sp³-hybridized carbons (Fsp3) is 0.294. The van der Waals surface area contributed by atoms with Gasteiger partial charge in [-0.3, -0.25) is 14.0 Å². The van der Waals surface area contributed by atoms with Gasteiger partial charge in [-0.05, 0) is 24.3 Å². The number of nitrogens with two attached hydrogens (primary N) is 1. The Morgan fingerprint density at radius 2 is 1.82 bits per heavy atom. The van der Waals surface area contributed by atoms with Crippen molar-refractivity contribution in [1.82, 2.24) is 9.55 Å². The molecule has 1 saturated heterocycles. The van der Waals surface area contributed by atoms with Gasteiger partial charge >= 0.3 is 25.5 Å². The Morgan fingerprint density at radius 1 is 1.15 bits per heavy atom. The highest BCUT2D eigenvalue weighted by Crippen LogP contribution is 2.45. The summed E-state index contributed by atoms with van der Waals surface area (Å²) in [6.07, 6.45) is -4.84. The molecule has 0 spiro atoms. The number of benzene rings is 1. The van der Waals surface area contributed by atoms with Crippen LogP contribution in [0, 0.1) is 0 Å². The molecule has 1 aromatic heterocycles. The minimum Gasteiger partial charge on any atom is -0.478 e. The number of aliphatic hydroxyl groups excluding tert-OH is 2. The zero-order chi connectivity index (χ0) is 24.5. The average Bonchev–Trinajstić information content (AvgIpc) is 3.00. The van der Waals surface area contributed by atoms with Crippen LogP contribution in [0.1, 0.15) is 26.9 Å². The third-order valence-corrected chi connectivity index (χ3v) is 5.45. The third-order valence-electron chi connectivity index (χ3n) is 4.54. The molecular weight excluding hydrogens is 469 g/mol. The van der Waals surface area contributed by atoms with Crippen molar-refractivity contribution in [2.24, 2.45) is 0 Å². The number of carboxylic acid groups (broad SMARTS) is 2. The average molecular weight is 487 g/mol. The molecule has 1 aliphatic rings. The van der Waals surface area contributed by atoms with Crippen LogP contribution in [0.3, 0.4) is 0 Å². The van der Waals surface area contributed by atoms with Crippen LogP contribution in [0.25, 0.3) is 0 Å². The molecular formula is C17H18N3O12P. The van der Waals surface area contributed by atoms with E-state index in [1.165, 1.54) is 12.3 Å². The van der Waals surface area contributed by atoms with E-state index in [4.69, 9.17) is 29.7 Å². The van der Waals surface area contributed by atoms with E-state index in [9.17, 15) is 34.1 Å². The summed E-state index contributed by atoms with van der Waals surface area (Å²) in [6.45, 7) is -0.779. The minimum atomic E-state index is -4.92. The quantitative estimate of drug-likeness (QED) is 0.246. The summed E-state index contributed by atoms with van der Waals surface area (Å²) in [6, 6.07) is 3.79. The number of anilines is 1. The number of hydrogen-bond acceptors (Lipinski definition) is 11. The molecule has 1 fully saturated rings. The van der Waals surface area contributed by atoms with Gasteiger partial charge < -0.3 is 35.4 Å². The van der Waals surface area contributed by atoms with E-state index in [0.717, 1.165) is 22.8 Å². The topological polar surface area (TPSA) is 241 Å². The number of rotatable bonds is 8. The van der Waals surface area contributed by atoms with Gasteiger partial charge in [0.1, 0.15) is 29.9 Å². The molecule has 7 N–H and O–H groups in total. The van der Waals surface area contributed by atoms with Gasteiger partial charge in [-0.1, -0.05) is 0 Å². The first-order chi connectivity index (χ1) is 15.4. The Kier molecular flexibility index (Phi) is 6.83. The van der Waals surface area contributed by atoms with Crippen LogP contribution in [0.5, 0.6) is 5.75 Å². The Labute approximate surface area is 183 Å². The first-order valence-electron chi connectivity index (χ1n) is 9.03. The highest BCUT2D eigenvalue weighted by atomic mass is 31.2. The molecule has 178 valence electrons. The number of aromatic carboxylic acids is 2. The molecule has 3 rings (SSSR count). The van der Waals surface area contributed by atoms with Gasteiger partial charge in [-0.25, -0.2) is 18.9 Å².